The summed E-state index contributed by atoms with van der Waals surface area (Å²) < 4.78 is 0. The zero-order chi connectivity index (χ0) is 12.3. The van der Waals surface area contributed by atoms with Crippen LogP contribution in [-0.2, 0) is 17.8 Å². The molecule has 4 nitrogen and oxygen atoms in total. The van der Waals surface area contributed by atoms with Gasteiger partial charge in [-0.1, -0.05) is 6.07 Å². The largest absolute Gasteiger partial charge is 0.478 e. The summed E-state index contributed by atoms with van der Waals surface area (Å²) in [5, 5.41) is 18.1. The molecular formula is C12H14O4. The molecule has 1 aromatic carbocycles. The molecule has 0 saturated heterocycles. The van der Waals surface area contributed by atoms with Gasteiger partial charge in [-0.3, -0.25) is 4.79 Å². The van der Waals surface area contributed by atoms with Crippen LogP contribution in [0, 0.1) is 6.92 Å². The molecule has 16 heavy (non-hydrogen) atoms. The molecule has 0 fully saturated rings. The number of carbonyl (C=O) groups is 2. The summed E-state index contributed by atoms with van der Waals surface area (Å²) in [4.78, 5) is 21.9. The van der Waals surface area contributed by atoms with E-state index >= 15 is 0 Å². The zero-order valence-electron chi connectivity index (χ0n) is 9.28. The highest BCUT2D eigenvalue weighted by Gasteiger charge is 2.13. The predicted molar refractivity (Wildman–Crippen MR) is 58.4 cm³/mol. The fraction of sp³-hybridized carbons (Fsp3) is 0.333. The van der Waals surface area contributed by atoms with Gasteiger partial charge in [-0.15, -0.1) is 0 Å². The highest BCUT2D eigenvalue weighted by molar-refractivity contribution is 5.90. The van der Waals surface area contributed by atoms with E-state index in [1.807, 2.05) is 0 Å². The lowest BCUT2D eigenvalue weighted by molar-refractivity contribution is -0.116. The van der Waals surface area contributed by atoms with Crippen LogP contribution < -0.4 is 0 Å². The molecule has 0 aliphatic rings. The van der Waals surface area contributed by atoms with Crippen LogP contribution in [0.5, 0.6) is 0 Å². The van der Waals surface area contributed by atoms with E-state index < -0.39 is 5.97 Å². The normalized spacial score (nSPS) is 10.2. The second kappa shape index (κ2) is 4.90. The van der Waals surface area contributed by atoms with E-state index in [1.165, 1.54) is 13.0 Å². The van der Waals surface area contributed by atoms with Gasteiger partial charge in [-0.05, 0) is 36.6 Å². The van der Waals surface area contributed by atoms with Gasteiger partial charge in [0, 0.05) is 6.42 Å². The number of carboxylic acids is 1. The Hall–Kier alpha value is -1.68. The van der Waals surface area contributed by atoms with E-state index in [-0.39, 0.29) is 24.4 Å². The van der Waals surface area contributed by atoms with Gasteiger partial charge >= 0.3 is 5.97 Å². The third-order valence-corrected chi connectivity index (χ3v) is 2.43. The van der Waals surface area contributed by atoms with Crippen LogP contribution in [0.4, 0.5) is 0 Å². The lowest BCUT2D eigenvalue weighted by atomic mass is 9.97. The van der Waals surface area contributed by atoms with Gasteiger partial charge in [0.15, 0.2) is 0 Å². The van der Waals surface area contributed by atoms with E-state index in [1.54, 1.807) is 13.0 Å². The number of carbonyl (C=O) groups excluding carboxylic acids is 1. The number of Topliss-reactive ketones (excluding diaryl/α,β-unsaturated/α-hetero) is 1. The van der Waals surface area contributed by atoms with E-state index in [0.29, 0.717) is 16.7 Å². The molecule has 0 atom stereocenters. The van der Waals surface area contributed by atoms with Crippen molar-refractivity contribution in [3.05, 3.63) is 34.4 Å². The standard InChI is InChI=1S/C12H14O4/c1-7(14)3-9-4-10(6-13)8(2)11(5-9)12(15)16/h4-5,13H,3,6H2,1-2H3,(H,15,16). The zero-order valence-corrected chi connectivity index (χ0v) is 9.28. The molecule has 0 spiro atoms. The maximum Gasteiger partial charge on any atom is 0.335 e. The van der Waals surface area contributed by atoms with Crippen LogP contribution in [0.2, 0.25) is 0 Å². The molecule has 0 bridgehead atoms. The first-order valence-corrected chi connectivity index (χ1v) is 4.91. The molecule has 4 heteroatoms. The van der Waals surface area contributed by atoms with Gasteiger partial charge in [0.2, 0.25) is 0 Å². The average Bonchev–Trinajstić information content (AvgIpc) is 2.19. The molecule has 0 aliphatic heterocycles. The number of aliphatic hydroxyl groups is 1. The minimum atomic E-state index is -1.04. The van der Waals surface area contributed by atoms with Gasteiger partial charge in [0.25, 0.3) is 0 Å². The van der Waals surface area contributed by atoms with Crippen molar-refractivity contribution in [3.8, 4) is 0 Å². The molecule has 0 unspecified atom stereocenters. The van der Waals surface area contributed by atoms with E-state index in [0.717, 1.165) is 0 Å². The van der Waals surface area contributed by atoms with Crippen LogP contribution in [0.25, 0.3) is 0 Å². The molecule has 0 amide bonds. The Morgan fingerprint density at radius 1 is 1.31 bits per heavy atom. The second-order valence-corrected chi connectivity index (χ2v) is 3.77. The number of hydrogen-bond acceptors (Lipinski definition) is 3. The number of rotatable bonds is 4. The quantitative estimate of drug-likeness (QED) is 0.805. The monoisotopic (exact) mass is 222 g/mol. The average molecular weight is 222 g/mol. The van der Waals surface area contributed by atoms with Crippen molar-refractivity contribution in [2.75, 3.05) is 0 Å². The second-order valence-electron chi connectivity index (χ2n) is 3.77. The Morgan fingerprint density at radius 2 is 1.94 bits per heavy atom. The van der Waals surface area contributed by atoms with Crippen molar-refractivity contribution in [2.45, 2.75) is 26.9 Å². The third kappa shape index (κ3) is 2.67. The first-order chi connectivity index (χ1) is 7.45. The van der Waals surface area contributed by atoms with Gasteiger partial charge < -0.3 is 10.2 Å². The minimum Gasteiger partial charge on any atom is -0.478 e. The predicted octanol–water partition coefficient (Wildman–Crippen LogP) is 1.32. The molecule has 0 heterocycles. The maximum absolute atomic E-state index is 11.0. The van der Waals surface area contributed by atoms with Crippen LogP contribution in [-0.4, -0.2) is 22.0 Å². The van der Waals surface area contributed by atoms with Crippen molar-refractivity contribution < 1.29 is 19.8 Å². The first-order valence-electron chi connectivity index (χ1n) is 4.91. The first kappa shape index (κ1) is 12.4. The molecule has 0 saturated carbocycles. The summed E-state index contributed by atoms with van der Waals surface area (Å²) in [6.07, 6.45) is 0.188. The molecule has 86 valence electrons. The van der Waals surface area contributed by atoms with Crippen molar-refractivity contribution in [1.82, 2.24) is 0 Å². The Bertz CT molecular complexity index is 435. The topological polar surface area (TPSA) is 74.6 Å². The van der Waals surface area contributed by atoms with Gasteiger partial charge in [0.05, 0.1) is 12.2 Å². The van der Waals surface area contributed by atoms with Crippen molar-refractivity contribution in [1.29, 1.82) is 0 Å². The van der Waals surface area contributed by atoms with E-state index in [2.05, 4.69) is 0 Å². The Balaban J connectivity index is 3.28. The van der Waals surface area contributed by atoms with Gasteiger partial charge in [-0.25, -0.2) is 4.79 Å². The van der Waals surface area contributed by atoms with Crippen molar-refractivity contribution in [2.24, 2.45) is 0 Å². The van der Waals surface area contributed by atoms with Crippen molar-refractivity contribution >= 4 is 11.8 Å². The summed E-state index contributed by atoms with van der Waals surface area (Å²) in [7, 11) is 0. The van der Waals surface area contributed by atoms with Crippen LogP contribution in [0.15, 0.2) is 12.1 Å². The number of hydrogen-bond donors (Lipinski definition) is 2. The van der Waals surface area contributed by atoms with Gasteiger partial charge in [-0.2, -0.15) is 0 Å². The summed E-state index contributed by atoms with van der Waals surface area (Å²) in [5.41, 5.74) is 1.86. The lowest BCUT2D eigenvalue weighted by Crippen LogP contribution is -2.06. The van der Waals surface area contributed by atoms with Gasteiger partial charge in [0.1, 0.15) is 5.78 Å². The Labute approximate surface area is 93.5 Å². The molecule has 0 radical (unpaired) electrons. The summed E-state index contributed by atoms with van der Waals surface area (Å²) in [6, 6.07) is 3.15. The fourth-order valence-electron chi connectivity index (χ4n) is 1.62. The number of ketones is 1. The number of aromatic carboxylic acids is 1. The molecule has 1 rings (SSSR count). The molecule has 1 aromatic rings. The summed E-state index contributed by atoms with van der Waals surface area (Å²) in [5.74, 6) is -1.08. The van der Waals surface area contributed by atoms with E-state index in [4.69, 9.17) is 10.2 Å². The number of carboxylic acid groups (broad SMARTS) is 1. The Morgan fingerprint density at radius 3 is 2.38 bits per heavy atom. The molecule has 0 aliphatic carbocycles. The third-order valence-electron chi connectivity index (χ3n) is 2.43. The summed E-state index contributed by atoms with van der Waals surface area (Å²) in [6.45, 7) is 2.86. The molecule has 0 aromatic heterocycles. The summed E-state index contributed by atoms with van der Waals surface area (Å²) >= 11 is 0. The highest BCUT2D eigenvalue weighted by atomic mass is 16.4. The minimum absolute atomic E-state index is 0.0379. The van der Waals surface area contributed by atoms with Crippen LogP contribution in [0.1, 0.15) is 34.0 Å². The number of aliphatic hydroxyl groups excluding tert-OH is 1. The Kier molecular flexibility index (Phi) is 3.79. The van der Waals surface area contributed by atoms with E-state index in [9.17, 15) is 9.59 Å². The SMILES string of the molecule is CC(=O)Cc1cc(CO)c(C)c(C(=O)O)c1. The fourth-order valence-corrected chi connectivity index (χ4v) is 1.62. The molecule has 2 N–H and O–H groups in total. The smallest absolute Gasteiger partial charge is 0.335 e. The lowest BCUT2D eigenvalue weighted by Gasteiger charge is -2.09. The molecular weight excluding hydrogens is 208 g/mol. The maximum atomic E-state index is 11.0. The number of benzene rings is 1. The highest BCUT2D eigenvalue weighted by Crippen LogP contribution is 2.18. The van der Waals surface area contributed by atoms with Crippen LogP contribution in [0.3, 0.4) is 0 Å². The van der Waals surface area contributed by atoms with Crippen molar-refractivity contribution in [3.63, 3.8) is 0 Å². The van der Waals surface area contributed by atoms with Crippen LogP contribution >= 0.6 is 0 Å².